The number of rotatable bonds is 4. The summed E-state index contributed by atoms with van der Waals surface area (Å²) in [6, 6.07) is 9.78. The molecule has 0 atom stereocenters. The van der Waals surface area contributed by atoms with E-state index in [0.717, 1.165) is 5.52 Å². The van der Waals surface area contributed by atoms with E-state index >= 15 is 0 Å². The molecule has 0 spiro atoms. The average Bonchev–Trinajstić information content (AvgIpc) is 2.85. The van der Waals surface area contributed by atoms with Crippen LogP contribution in [0.15, 0.2) is 42.6 Å². The van der Waals surface area contributed by atoms with E-state index in [-0.39, 0.29) is 57.6 Å². The summed E-state index contributed by atoms with van der Waals surface area (Å²) in [6.07, 6.45) is 1.77. The number of aromatic nitrogens is 1. The Morgan fingerprint density at radius 3 is 2.50 bits per heavy atom. The second kappa shape index (κ2) is 8.37. The van der Waals surface area contributed by atoms with Crippen LogP contribution in [0, 0.1) is 6.92 Å². The van der Waals surface area contributed by atoms with Gasteiger partial charge in [0.15, 0.2) is 0 Å². The van der Waals surface area contributed by atoms with Gasteiger partial charge in [0.05, 0.1) is 18.2 Å². The van der Waals surface area contributed by atoms with Gasteiger partial charge in [0.2, 0.25) is 5.78 Å². The fourth-order valence-corrected chi connectivity index (χ4v) is 2.86. The van der Waals surface area contributed by atoms with Gasteiger partial charge in [-0.05, 0) is 37.3 Å². The van der Waals surface area contributed by atoms with Gasteiger partial charge in [0, 0.05) is 52.6 Å². The van der Waals surface area contributed by atoms with Gasteiger partial charge in [-0.3, -0.25) is 4.79 Å². The second-order valence-corrected chi connectivity index (χ2v) is 5.40. The molecule has 0 aliphatic heterocycles. The van der Waals surface area contributed by atoms with E-state index in [9.17, 15) is 14.7 Å². The Balaban J connectivity index is 0.00000169. The van der Waals surface area contributed by atoms with Gasteiger partial charge >= 0.3 is 5.97 Å². The molecule has 5 N–H and O–H groups in total. The standard InChI is InChI=1S/C18H16N2O4.Na.H2O/c1-10-15(20-8-4-3-5-14(20)17(10)24-2)16(21)11-6-7-13(19)12(9-11)18(22)23;;/h3-9H,19H2,1-2H3,(H,22,23);;1H2. The molecule has 0 amide bonds. The summed E-state index contributed by atoms with van der Waals surface area (Å²) < 4.78 is 7.16. The topological polar surface area (TPSA) is 126 Å². The van der Waals surface area contributed by atoms with Gasteiger partial charge in [0.25, 0.3) is 0 Å². The predicted octanol–water partition coefficient (Wildman–Crippen LogP) is 1.56. The molecule has 3 rings (SSSR count). The number of carbonyl (C=O) groups is 2. The zero-order valence-corrected chi connectivity index (χ0v) is 16.7. The van der Waals surface area contributed by atoms with Crippen molar-refractivity contribution in [3.63, 3.8) is 0 Å². The fraction of sp³-hybridized carbons (Fsp3) is 0.111. The first-order valence-corrected chi connectivity index (χ1v) is 7.27. The molecule has 0 saturated carbocycles. The van der Waals surface area contributed by atoms with Gasteiger partial charge in [-0.1, -0.05) is 6.07 Å². The number of methoxy groups -OCH3 is 1. The molecule has 0 fully saturated rings. The summed E-state index contributed by atoms with van der Waals surface area (Å²) in [5.74, 6) is -0.844. The van der Waals surface area contributed by atoms with E-state index in [1.54, 1.807) is 24.6 Å². The number of carboxylic acid groups (broad SMARTS) is 1. The molecule has 0 bridgehead atoms. The Labute approximate surface area is 172 Å². The summed E-state index contributed by atoms with van der Waals surface area (Å²) in [7, 11) is 1.55. The van der Waals surface area contributed by atoms with Crippen LogP contribution in [0.4, 0.5) is 5.69 Å². The van der Waals surface area contributed by atoms with E-state index in [4.69, 9.17) is 10.5 Å². The number of hydrogen-bond donors (Lipinski definition) is 2. The average molecular weight is 365 g/mol. The quantitative estimate of drug-likeness (QED) is 0.412. The second-order valence-electron chi connectivity index (χ2n) is 5.40. The maximum atomic E-state index is 13.0. The van der Waals surface area contributed by atoms with Crippen LogP contribution in [-0.4, -0.2) is 63.4 Å². The number of nitrogens with zero attached hydrogens (tertiary/aromatic N) is 1. The van der Waals surface area contributed by atoms with Crippen molar-refractivity contribution < 1.29 is 24.9 Å². The predicted molar refractivity (Wildman–Crippen MR) is 99.3 cm³/mol. The van der Waals surface area contributed by atoms with Crippen molar-refractivity contribution in [3.8, 4) is 5.75 Å². The normalized spacial score (nSPS) is 9.92. The molecule has 8 heteroatoms. The van der Waals surface area contributed by atoms with Crippen molar-refractivity contribution in [1.29, 1.82) is 0 Å². The summed E-state index contributed by atoms with van der Waals surface area (Å²) in [5.41, 5.74) is 7.85. The van der Waals surface area contributed by atoms with E-state index in [1.807, 2.05) is 18.2 Å². The zero-order valence-electron chi connectivity index (χ0n) is 14.7. The number of carbonyl (C=O) groups excluding carboxylic acids is 1. The largest absolute Gasteiger partial charge is 0.494 e. The van der Waals surface area contributed by atoms with E-state index in [0.29, 0.717) is 17.0 Å². The summed E-state index contributed by atoms with van der Waals surface area (Å²) >= 11 is 0. The monoisotopic (exact) mass is 365 g/mol. The molecule has 2 heterocycles. The minimum atomic E-state index is -1.17. The molecule has 0 saturated heterocycles. The van der Waals surface area contributed by atoms with Gasteiger partial charge in [-0.2, -0.15) is 0 Å². The van der Waals surface area contributed by atoms with Crippen LogP contribution in [0.3, 0.4) is 0 Å². The van der Waals surface area contributed by atoms with Gasteiger partial charge in [0.1, 0.15) is 11.4 Å². The number of anilines is 1. The molecule has 0 aliphatic carbocycles. The minimum Gasteiger partial charge on any atom is -0.494 e. The molecule has 26 heavy (non-hydrogen) atoms. The van der Waals surface area contributed by atoms with Crippen LogP contribution in [-0.2, 0) is 0 Å². The third-order valence-corrected chi connectivity index (χ3v) is 3.99. The third kappa shape index (κ3) is 3.47. The van der Waals surface area contributed by atoms with Crippen molar-refractivity contribution in [3.05, 3.63) is 65.0 Å². The molecular formula is C18H18N2NaO5. The smallest absolute Gasteiger partial charge is 0.337 e. The molecule has 1 radical (unpaired) electrons. The van der Waals surface area contributed by atoms with E-state index in [1.165, 1.54) is 18.2 Å². The van der Waals surface area contributed by atoms with Gasteiger partial charge in [-0.25, -0.2) is 4.79 Å². The van der Waals surface area contributed by atoms with Crippen LogP contribution in [0.25, 0.3) is 5.52 Å². The van der Waals surface area contributed by atoms with Crippen LogP contribution >= 0.6 is 0 Å². The maximum Gasteiger partial charge on any atom is 0.337 e. The number of nitrogens with two attached hydrogens (primary N) is 1. The van der Waals surface area contributed by atoms with E-state index < -0.39 is 5.97 Å². The molecule has 3 aromatic rings. The Kier molecular flexibility index (Phi) is 7.00. The van der Waals surface area contributed by atoms with Crippen LogP contribution in [0.5, 0.6) is 5.75 Å². The van der Waals surface area contributed by atoms with Crippen LogP contribution < -0.4 is 10.5 Å². The number of carboxylic acids is 1. The SMILES string of the molecule is COc1c(C)c(C(=O)c2ccc(N)c(C(=O)O)c2)n2ccccc12.O.[Na]. The number of pyridine rings is 1. The minimum absolute atomic E-state index is 0. The van der Waals surface area contributed by atoms with Crippen molar-refractivity contribution in [2.24, 2.45) is 0 Å². The van der Waals surface area contributed by atoms with Crippen LogP contribution in [0.1, 0.15) is 32.0 Å². The number of nitrogen functional groups attached to an aromatic ring is 1. The number of aromatic carboxylic acids is 1. The Hall–Kier alpha value is -2.32. The Bertz CT molecular complexity index is 981. The third-order valence-electron chi connectivity index (χ3n) is 3.99. The van der Waals surface area contributed by atoms with Crippen molar-refractivity contribution >= 4 is 52.5 Å². The molecule has 0 aliphatic rings. The van der Waals surface area contributed by atoms with Crippen molar-refractivity contribution in [2.45, 2.75) is 6.92 Å². The summed E-state index contributed by atoms with van der Waals surface area (Å²) in [5, 5.41) is 9.19. The number of benzene rings is 1. The van der Waals surface area contributed by atoms with Crippen molar-refractivity contribution in [1.82, 2.24) is 4.40 Å². The Morgan fingerprint density at radius 2 is 1.88 bits per heavy atom. The molecule has 0 unspecified atom stereocenters. The number of ketones is 1. The van der Waals surface area contributed by atoms with Gasteiger partial charge in [-0.15, -0.1) is 0 Å². The fourth-order valence-electron chi connectivity index (χ4n) is 2.86. The first-order chi connectivity index (χ1) is 11.5. The van der Waals surface area contributed by atoms with Crippen molar-refractivity contribution in [2.75, 3.05) is 12.8 Å². The molecule has 1 aromatic carbocycles. The number of fused-ring (bicyclic) bond motifs is 1. The maximum absolute atomic E-state index is 13.0. The molecule has 131 valence electrons. The molecular weight excluding hydrogens is 347 g/mol. The van der Waals surface area contributed by atoms with Crippen LogP contribution in [0.2, 0.25) is 0 Å². The number of hydrogen-bond acceptors (Lipinski definition) is 4. The first-order valence-electron chi connectivity index (χ1n) is 7.27. The zero-order chi connectivity index (χ0) is 17.4. The Morgan fingerprint density at radius 1 is 1.19 bits per heavy atom. The number of ether oxygens (including phenoxy) is 1. The molecule has 2 aromatic heterocycles. The summed E-state index contributed by atoms with van der Waals surface area (Å²) in [4.78, 5) is 24.2. The van der Waals surface area contributed by atoms with E-state index in [2.05, 4.69) is 0 Å². The molecule has 7 nitrogen and oxygen atoms in total. The summed E-state index contributed by atoms with van der Waals surface area (Å²) in [6.45, 7) is 1.80. The first kappa shape index (κ1) is 21.7. The van der Waals surface area contributed by atoms with Gasteiger partial charge < -0.3 is 25.5 Å².